The number of hydrogen-bond donors (Lipinski definition) is 1. The van der Waals surface area contributed by atoms with Crippen molar-refractivity contribution >= 4 is 15.9 Å². The molecule has 1 N–H and O–H groups in total. The topological polar surface area (TPSA) is 34.2 Å². The number of pyridine rings is 1. The average molecular weight is 271 g/mol. The van der Waals surface area contributed by atoms with Crippen LogP contribution in [-0.2, 0) is 11.3 Å². The van der Waals surface area contributed by atoms with E-state index in [1.165, 1.54) is 0 Å². The second-order valence-corrected chi connectivity index (χ2v) is 5.29. The lowest BCUT2D eigenvalue weighted by molar-refractivity contribution is -0.0991. The molecule has 1 aromatic rings. The zero-order chi connectivity index (χ0) is 10.7. The van der Waals surface area contributed by atoms with E-state index in [2.05, 4.69) is 33.2 Å². The number of rotatable bonds is 4. The van der Waals surface area contributed by atoms with Crippen molar-refractivity contribution in [1.82, 2.24) is 10.3 Å². The van der Waals surface area contributed by atoms with Crippen LogP contribution < -0.4 is 5.32 Å². The molecule has 1 aliphatic rings. The third-order valence-electron chi connectivity index (χ3n) is 2.55. The second-order valence-electron chi connectivity index (χ2n) is 4.37. The van der Waals surface area contributed by atoms with Crippen LogP contribution in [0, 0.1) is 5.41 Å². The molecule has 0 saturated carbocycles. The highest BCUT2D eigenvalue weighted by Crippen LogP contribution is 2.25. The van der Waals surface area contributed by atoms with Crippen LogP contribution in [0.3, 0.4) is 0 Å². The van der Waals surface area contributed by atoms with Gasteiger partial charge < -0.3 is 10.1 Å². The van der Waals surface area contributed by atoms with Gasteiger partial charge in [-0.1, -0.05) is 6.92 Å². The largest absolute Gasteiger partial charge is 0.380 e. The zero-order valence-corrected chi connectivity index (χ0v) is 10.4. The van der Waals surface area contributed by atoms with E-state index in [1.807, 2.05) is 18.3 Å². The van der Waals surface area contributed by atoms with Gasteiger partial charge in [0.1, 0.15) is 0 Å². The molecule has 0 aliphatic carbocycles. The predicted octanol–water partition coefficient (Wildman–Crippen LogP) is 1.97. The standard InChI is InChI=1S/C11H15BrN2O/c1-11(7-15-8-11)6-13-5-10-3-2-9(12)4-14-10/h2-4,13H,5-8H2,1H3. The van der Waals surface area contributed by atoms with Crippen molar-refractivity contribution in [1.29, 1.82) is 0 Å². The van der Waals surface area contributed by atoms with Crippen LogP contribution in [0.25, 0.3) is 0 Å². The Kier molecular flexibility index (Phi) is 3.38. The van der Waals surface area contributed by atoms with Crippen LogP contribution in [0.5, 0.6) is 0 Å². The van der Waals surface area contributed by atoms with Gasteiger partial charge in [-0.2, -0.15) is 0 Å². The minimum atomic E-state index is 0.329. The number of hydrogen-bond acceptors (Lipinski definition) is 3. The van der Waals surface area contributed by atoms with Crippen molar-refractivity contribution < 1.29 is 4.74 Å². The molecule has 3 nitrogen and oxygen atoms in total. The number of nitrogens with zero attached hydrogens (tertiary/aromatic N) is 1. The summed E-state index contributed by atoms with van der Waals surface area (Å²) in [6.45, 7) is 5.79. The van der Waals surface area contributed by atoms with Gasteiger partial charge in [-0.15, -0.1) is 0 Å². The number of nitrogens with one attached hydrogen (secondary N) is 1. The first-order chi connectivity index (χ1) is 7.18. The van der Waals surface area contributed by atoms with Crippen molar-refractivity contribution in [2.45, 2.75) is 13.5 Å². The minimum absolute atomic E-state index is 0.329. The van der Waals surface area contributed by atoms with E-state index in [0.29, 0.717) is 5.41 Å². The molecule has 1 saturated heterocycles. The molecule has 0 bridgehead atoms. The van der Waals surface area contributed by atoms with Gasteiger partial charge in [0.05, 0.1) is 18.9 Å². The summed E-state index contributed by atoms with van der Waals surface area (Å²) in [7, 11) is 0. The molecule has 82 valence electrons. The van der Waals surface area contributed by atoms with Gasteiger partial charge in [-0.05, 0) is 28.1 Å². The molecule has 1 aliphatic heterocycles. The summed E-state index contributed by atoms with van der Waals surface area (Å²) in [6.07, 6.45) is 1.82. The first kappa shape index (κ1) is 11.0. The van der Waals surface area contributed by atoms with E-state index in [9.17, 15) is 0 Å². The van der Waals surface area contributed by atoms with Crippen LogP contribution in [0.15, 0.2) is 22.8 Å². The SMILES string of the molecule is CC1(CNCc2ccc(Br)cn2)COC1. The van der Waals surface area contributed by atoms with Gasteiger partial charge in [-0.3, -0.25) is 4.98 Å². The summed E-state index contributed by atoms with van der Waals surface area (Å²) in [5.41, 5.74) is 1.40. The number of ether oxygens (including phenoxy) is 1. The Labute approximate surface area is 98.4 Å². The molecule has 2 heterocycles. The lowest BCUT2D eigenvalue weighted by Gasteiger charge is -2.38. The normalized spacial score (nSPS) is 18.5. The molecule has 1 aromatic heterocycles. The van der Waals surface area contributed by atoms with E-state index < -0.39 is 0 Å². The van der Waals surface area contributed by atoms with Crippen LogP contribution in [0.4, 0.5) is 0 Å². The van der Waals surface area contributed by atoms with Crippen molar-refractivity contribution in [3.8, 4) is 0 Å². The van der Waals surface area contributed by atoms with Crippen LogP contribution in [-0.4, -0.2) is 24.7 Å². The molecule has 0 aromatic carbocycles. The summed E-state index contributed by atoms with van der Waals surface area (Å²) in [5.74, 6) is 0. The fourth-order valence-electron chi connectivity index (χ4n) is 1.56. The van der Waals surface area contributed by atoms with Gasteiger partial charge in [0.2, 0.25) is 0 Å². The lowest BCUT2D eigenvalue weighted by Crippen LogP contribution is -2.47. The highest BCUT2D eigenvalue weighted by atomic mass is 79.9. The molecule has 2 rings (SSSR count). The summed E-state index contributed by atoms with van der Waals surface area (Å²) < 4.78 is 6.21. The Morgan fingerprint density at radius 2 is 2.33 bits per heavy atom. The van der Waals surface area contributed by atoms with Gasteiger partial charge in [-0.25, -0.2) is 0 Å². The lowest BCUT2D eigenvalue weighted by atomic mass is 9.89. The first-order valence-electron chi connectivity index (χ1n) is 5.07. The maximum absolute atomic E-state index is 5.19. The van der Waals surface area contributed by atoms with E-state index in [-0.39, 0.29) is 0 Å². The van der Waals surface area contributed by atoms with Crippen molar-refractivity contribution in [3.63, 3.8) is 0 Å². The van der Waals surface area contributed by atoms with Gasteiger partial charge in [0, 0.05) is 29.2 Å². The smallest absolute Gasteiger partial charge is 0.0554 e. The Morgan fingerprint density at radius 3 is 2.87 bits per heavy atom. The van der Waals surface area contributed by atoms with Crippen molar-refractivity contribution in [2.24, 2.45) is 5.41 Å². The van der Waals surface area contributed by atoms with Crippen LogP contribution in [0.2, 0.25) is 0 Å². The molecule has 0 amide bonds. The third-order valence-corrected chi connectivity index (χ3v) is 3.02. The average Bonchev–Trinajstić information content (AvgIpc) is 2.19. The highest BCUT2D eigenvalue weighted by molar-refractivity contribution is 9.10. The molecule has 15 heavy (non-hydrogen) atoms. The highest BCUT2D eigenvalue weighted by Gasteiger charge is 2.32. The third kappa shape index (κ3) is 3.00. The molecular weight excluding hydrogens is 256 g/mol. The van der Waals surface area contributed by atoms with Gasteiger partial charge in [0.25, 0.3) is 0 Å². The summed E-state index contributed by atoms with van der Waals surface area (Å²) in [5, 5.41) is 3.41. The molecule has 4 heteroatoms. The summed E-state index contributed by atoms with van der Waals surface area (Å²) >= 11 is 3.37. The summed E-state index contributed by atoms with van der Waals surface area (Å²) in [6, 6.07) is 4.04. The van der Waals surface area contributed by atoms with Crippen LogP contribution in [0.1, 0.15) is 12.6 Å². The maximum atomic E-state index is 5.19. The quantitative estimate of drug-likeness (QED) is 0.909. The van der Waals surface area contributed by atoms with Gasteiger partial charge in [0.15, 0.2) is 0 Å². The fourth-order valence-corrected chi connectivity index (χ4v) is 1.79. The Morgan fingerprint density at radius 1 is 1.53 bits per heavy atom. The zero-order valence-electron chi connectivity index (χ0n) is 8.79. The van der Waals surface area contributed by atoms with E-state index >= 15 is 0 Å². The molecule has 0 atom stereocenters. The van der Waals surface area contributed by atoms with E-state index in [0.717, 1.165) is 36.5 Å². The molecule has 0 radical (unpaired) electrons. The van der Waals surface area contributed by atoms with E-state index in [1.54, 1.807) is 0 Å². The predicted molar refractivity (Wildman–Crippen MR) is 62.6 cm³/mol. The first-order valence-corrected chi connectivity index (χ1v) is 5.86. The van der Waals surface area contributed by atoms with Crippen molar-refractivity contribution in [3.05, 3.63) is 28.5 Å². The molecule has 0 spiro atoms. The monoisotopic (exact) mass is 270 g/mol. The Bertz CT molecular complexity index is 322. The van der Waals surface area contributed by atoms with Gasteiger partial charge >= 0.3 is 0 Å². The van der Waals surface area contributed by atoms with E-state index in [4.69, 9.17) is 4.74 Å². The van der Waals surface area contributed by atoms with Crippen molar-refractivity contribution in [2.75, 3.05) is 19.8 Å². The second kappa shape index (κ2) is 4.60. The summed E-state index contributed by atoms with van der Waals surface area (Å²) in [4.78, 5) is 4.30. The van der Waals surface area contributed by atoms with Crippen LogP contribution >= 0.6 is 15.9 Å². The number of aromatic nitrogens is 1. The maximum Gasteiger partial charge on any atom is 0.0554 e. The molecular formula is C11H15BrN2O. The Hall–Kier alpha value is -0.450. The molecule has 0 unspecified atom stereocenters. The minimum Gasteiger partial charge on any atom is -0.380 e. The Balaban J connectivity index is 1.76. The molecule has 1 fully saturated rings. The number of halogens is 1. The fraction of sp³-hybridized carbons (Fsp3) is 0.545.